The van der Waals surface area contributed by atoms with Gasteiger partial charge in [0.15, 0.2) is 0 Å². The number of fused-ring (bicyclic) bond motifs is 1. The Morgan fingerprint density at radius 3 is 2.56 bits per heavy atom. The maximum atomic E-state index is 13.0. The van der Waals surface area contributed by atoms with E-state index in [1.165, 1.54) is 16.7 Å². The lowest BCUT2D eigenvalue weighted by Gasteiger charge is -2.18. The first-order valence-corrected chi connectivity index (χ1v) is 13.0. The van der Waals surface area contributed by atoms with Crippen LogP contribution in [0.1, 0.15) is 61.0 Å². The van der Waals surface area contributed by atoms with Crippen LogP contribution in [0.4, 0.5) is 5.69 Å². The van der Waals surface area contributed by atoms with E-state index in [1.807, 2.05) is 29.2 Å². The summed E-state index contributed by atoms with van der Waals surface area (Å²) >= 11 is 0. The van der Waals surface area contributed by atoms with Gasteiger partial charge in [-0.1, -0.05) is 44.2 Å². The Labute approximate surface area is 213 Å². The highest BCUT2D eigenvalue weighted by atomic mass is 16.5. The molecule has 5 heteroatoms. The summed E-state index contributed by atoms with van der Waals surface area (Å²) in [5.41, 5.74) is 6.79. The van der Waals surface area contributed by atoms with Gasteiger partial charge in [-0.25, -0.2) is 4.98 Å². The largest absolute Gasteiger partial charge is 0.492 e. The topological polar surface area (TPSA) is 47.4 Å². The van der Waals surface area contributed by atoms with E-state index in [2.05, 4.69) is 74.7 Å². The lowest BCUT2D eigenvalue weighted by Crippen LogP contribution is -2.24. The molecule has 0 N–H and O–H groups in total. The third kappa shape index (κ3) is 4.75. The molecule has 1 saturated heterocycles. The first-order valence-electron chi connectivity index (χ1n) is 13.0. The molecule has 5 rings (SSSR count). The number of aromatic nitrogens is 2. The number of amides is 1. The molecule has 1 aromatic heterocycles. The van der Waals surface area contributed by atoms with E-state index in [1.54, 1.807) is 0 Å². The lowest BCUT2D eigenvalue weighted by atomic mass is 9.99. The van der Waals surface area contributed by atoms with Crippen LogP contribution >= 0.6 is 0 Å². The minimum atomic E-state index is 0.0429. The molecule has 0 spiro atoms. The fourth-order valence-electron chi connectivity index (χ4n) is 5.05. The molecule has 0 saturated carbocycles. The minimum Gasteiger partial charge on any atom is -0.492 e. The first-order chi connectivity index (χ1) is 17.4. The smallest absolute Gasteiger partial charge is 0.227 e. The average molecular weight is 482 g/mol. The van der Waals surface area contributed by atoms with Crippen LogP contribution in [0.5, 0.6) is 5.75 Å². The third-order valence-corrected chi connectivity index (χ3v) is 7.62. The van der Waals surface area contributed by atoms with E-state index in [0.717, 1.165) is 34.7 Å². The van der Waals surface area contributed by atoms with Crippen LogP contribution in [0.25, 0.3) is 11.0 Å². The normalized spacial score (nSPS) is 16.6. The predicted octanol–water partition coefficient (Wildman–Crippen LogP) is 6.77. The molecular weight excluding hydrogens is 446 g/mol. The summed E-state index contributed by atoms with van der Waals surface area (Å²) in [4.78, 5) is 19.9. The van der Waals surface area contributed by atoms with E-state index in [0.29, 0.717) is 32.0 Å². The lowest BCUT2D eigenvalue weighted by molar-refractivity contribution is -0.117. The molecule has 2 heterocycles. The molecule has 1 amide bonds. The maximum absolute atomic E-state index is 13.0. The number of carbonyl (C=O) groups excluding carboxylic acids is 1. The van der Waals surface area contributed by atoms with Crippen molar-refractivity contribution in [2.45, 2.75) is 58.9 Å². The first kappa shape index (κ1) is 24.1. The van der Waals surface area contributed by atoms with Crippen molar-refractivity contribution >= 4 is 22.6 Å². The van der Waals surface area contributed by atoms with Gasteiger partial charge in [0.2, 0.25) is 5.91 Å². The second kappa shape index (κ2) is 10.2. The molecule has 186 valence electrons. The summed E-state index contributed by atoms with van der Waals surface area (Å²) in [6.07, 6.45) is 1.59. The Bertz CT molecular complexity index is 1370. The van der Waals surface area contributed by atoms with Crippen LogP contribution in [0.2, 0.25) is 0 Å². The van der Waals surface area contributed by atoms with E-state index in [9.17, 15) is 4.79 Å². The van der Waals surface area contributed by atoms with Gasteiger partial charge < -0.3 is 14.2 Å². The van der Waals surface area contributed by atoms with Crippen LogP contribution in [0.15, 0.2) is 66.7 Å². The van der Waals surface area contributed by atoms with Gasteiger partial charge in [-0.15, -0.1) is 0 Å². The van der Waals surface area contributed by atoms with Crippen molar-refractivity contribution in [2.24, 2.45) is 0 Å². The van der Waals surface area contributed by atoms with Gasteiger partial charge in [-0.3, -0.25) is 4.79 Å². The van der Waals surface area contributed by atoms with Crippen LogP contribution in [0, 0.1) is 13.8 Å². The maximum Gasteiger partial charge on any atom is 0.227 e. The zero-order valence-electron chi connectivity index (χ0n) is 21.7. The Hall–Kier alpha value is -3.60. The van der Waals surface area contributed by atoms with Crippen molar-refractivity contribution in [3.63, 3.8) is 0 Å². The number of anilines is 1. The second-order valence-corrected chi connectivity index (χ2v) is 10.0. The summed E-state index contributed by atoms with van der Waals surface area (Å²) in [5.74, 6) is 2.59. The molecule has 5 nitrogen and oxygen atoms in total. The highest BCUT2D eigenvalue weighted by Gasteiger charge is 2.35. The molecule has 0 radical (unpaired) electrons. The fraction of sp³-hybridized carbons (Fsp3) is 0.355. The van der Waals surface area contributed by atoms with Crippen LogP contribution in [-0.2, 0) is 11.3 Å². The Balaban J connectivity index is 1.35. The fourth-order valence-corrected chi connectivity index (χ4v) is 5.05. The van der Waals surface area contributed by atoms with Gasteiger partial charge in [-0.05, 0) is 79.3 Å². The van der Waals surface area contributed by atoms with E-state index in [4.69, 9.17) is 9.72 Å². The number of hydrogen-bond donors (Lipinski definition) is 0. The molecular formula is C31H35N3O2. The molecule has 2 unspecified atom stereocenters. The number of ether oxygens (including phenoxy) is 1. The number of nitrogens with zero attached hydrogens (tertiary/aromatic N) is 3. The number of para-hydroxylation sites is 2. The van der Waals surface area contributed by atoms with Crippen LogP contribution in [-0.4, -0.2) is 28.6 Å². The van der Waals surface area contributed by atoms with Crippen LogP contribution in [0.3, 0.4) is 0 Å². The molecule has 0 bridgehead atoms. The summed E-state index contributed by atoms with van der Waals surface area (Å²) in [6.45, 7) is 10.5. The van der Waals surface area contributed by atoms with Crippen molar-refractivity contribution in [1.29, 1.82) is 0 Å². The van der Waals surface area contributed by atoms with Gasteiger partial charge in [0.05, 0.1) is 17.6 Å². The molecule has 0 aliphatic carbocycles. The van der Waals surface area contributed by atoms with Crippen molar-refractivity contribution in [3.05, 3.63) is 89.2 Å². The van der Waals surface area contributed by atoms with Gasteiger partial charge >= 0.3 is 0 Å². The van der Waals surface area contributed by atoms with Crippen molar-refractivity contribution in [3.8, 4) is 5.75 Å². The summed E-state index contributed by atoms with van der Waals surface area (Å²) in [5, 5.41) is 0. The van der Waals surface area contributed by atoms with Gasteiger partial charge in [0.1, 0.15) is 18.2 Å². The van der Waals surface area contributed by atoms with Crippen molar-refractivity contribution < 1.29 is 9.53 Å². The Morgan fingerprint density at radius 2 is 1.81 bits per heavy atom. The van der Waals surface area contributed by atoms with Crippen molar-refractivity contribution in [2.75, 3.05) is 18.1 Å². The predicted molar refractivity (Wildman–Crippen MR) is 146 cm³/mol. The monoisotopic (exact) mass is 481 g/mol. The Morgan fingerprint density at radius 1 is 1.03 bits per heavy atom. The van der Waals surface area contributed by atoms with Gasteiger partial charge in [-0.2, -0.15) is 0 Å². The van der Waals surface area contributed by atoms with E-state index >= 15 is 0 Å². The highest BCUT2D eigenvalue weighted by molar-refractivity contribution is 5.96. The Kier molecular flexibility index (Phi) is 6.82. The van der Waals surface area contributed by atoms with Gasteiger partial charge in [0, 0.05) is 24.6 Å². The molecule has 1 aliphatic heterocycles. The van der Waals surface area contributed by atoms with Gasteiger partial charge in [0.25, 0.3) is 0 Å². The number of imidazole rings is 1. The number of hydrogen-bond acceptors (Lipinski definition) is 3. The zero-order chi connectivity index (χ0) is 25.2. The zero-order valence-corrected chi connectivity index (χ0v) is 21.7. The quantitative estimate of drug-likeness (QED) is 0.279. The molecule has 1 aliphatic rings. The average Bonchev–Trinajstić information content (AvgIpc) is 3.46. The SMILES string of the molecule is CCC(C)c1ccc(OCCn2c(C3CC(=O)N(c4ccc(C)c(C)c4)C3)nc3ccccc32)cc1. The van der Waals surface area contributed by atoms with E-state index in [-0.39, 0.29) is 11.8 Å². The van der Waals surface area contributed by atoms with Crippen molar-refractivity contribution in [1.82, 2.24) is 9.55 Å². The molecule has 1 fully saturated rings. The summed E-state index contributed by atoms with van der Waals surface area (Å²) < 4.78 is 8.37. The minimum absolute atomic E-state index is 0.0429. The van der Waals surface area contributed by atoms with E-state index < -0.39 is 0 Å². The summed E-state index contributed by atoms with van der Waals surface area (Å²) in [6, 6.07) is 22.9. The standard InChI is InChI=1S/C31H35N3O2/c1-5-21(2)24-11-14-27(15-12-24)36-17-16-33-29-9-7-6-8-28(29)32-31(33)25-19-30(35)34(20-25)26-13-10-22(3)23(4)18-26/h6-15,18,21,25H,5,16-17,19-20H2,1-4H3. The molecule has 36 heavy (non-hydrogen) atoms. The number of aryl methyl sites for hydroxylation is 2. The molecule has 2 atom stereocenters. The highest BCUT2D eigenvalue weighted by Crippen LogP contribution is 2.34. The molecule has 3 aromatic carbocycles. The second-order valence-electron chi connectivity index (χ2n) is 10.0. The third-order valence-electron chi connectivity index (χ3n) is 7.62. The molecule has 4 aromatic rings. The summed E-state index contributed by atoms with van der Waals surface area (Å²) in [7, 11) is 0. The number of benzene rings is 3. The number of rotatable bonds is 8. The number of carbonyl (C=O) groups is 1. The van der Waals surface area contributed by atoms with Crippen LogP contribution < -0.4 is 9.64 Å².